The summed E-state index contributed by atoms with van der Waals surface area (Å²) < 4.78 is 20.0. The Bertz CT molecular complexity index is 919. The molecule has 2 fully saturated rings. The summed E-state index contributed by atoms with van der Waals surface area (Å²) >= 11 is 0. The summed E-state index contributed by atoms with van der Waals surface area (Å²) in [6.45, 7) is 3.16. The molecule has 32 heavy (non-hydrogen) atoms. The van der Waals surface area contributed by atoms with Gasteiger partial charge in [-0.05, 0) is 18.2 Å². The van der Waals surface area contributed by atoms with E-state index < -0.39 is 29.9 Å². The molecule has 10 nitrogen and oxygen atoms in total. The van der Waals surface area contributed by atoms with Gasteiger partial charge in [-0.2, -0.15) is 0 Å². The number of nitrogens with one attached hydrogen (secondary N) is 1. The molecule has 1 aromatic rings. The molecule has 0 spiro atoms. The Balaban J connectivity index is 0.00000363. The van der Waals surface area contributed by atoms with E-state index in [-0.39, 0.29) is 48.6 Å². The molecule has 2 heterocycles. The van der Waals surface area contributed by atoms with Crippen molar-refractivity contribution >= 4 is 64.8 Å². The molecule has 1 radical (unpaired) electrons. The largest absolute Gasteiger partial charge is 0.478 e. The number of nitrogens with zero attached hydrogens (tertiary/aromatic N) is 3. The Morgan fingerprint density at radius 1 is 1.22 bits per heavy atom. The Labute approximate surface area is 206 Å². The summed E-state index contributed by atoms with van der Waals surface area (Å²) in [4.78, 5) is 50.2. The molecule has 2 aliphatic rings. The van der Waals surface area contributed by atoms with Crippen LogP contribution in [0.2, 0.25) is 0 Å². The van der Waals surface area contributed by atoms with E-state index in [9.17, 15) is 23.6 Å². The number of hydrogen-bond donors (Lipinski definition) is 2. The van der Waals surface area contributed by atoms with Crippen LogP contribution < -0.4 is 15.1 Å². The summed E-state index contributed by atoms with van der Waals surface area (Å²) in [5.41, 5.74) is 0.698. The maximum Gasteiger partial charge on any atom is 0.414 e. The maximum atomic E-state index is 14.8. The molecule has 3 rings (SSSR count). The molecule has 167 valence electrons. The Hall–Kier alpha value is -2.63. The van der Waals surface area contributed by atoms with E-state index in [4.69, 9.17) is 9.84 Å². The van der Waals surface area contributed by atoms with Crippen molar-refractivity contribution in [2.45, 2.75) is 13.0 Å². The molecule has 12 heteroatoms. The number of carboxylic acids is 1. The Morgan fingerprint density at radius 2 is 1.91 bits per heavy atom. The molecule has 2 saturated heterocycles. The second-order valence-corrected chi connectivity index (χ2v) is 7.17. The SMILES string of the molecule is CC(=O)NC[C@H]1CN(c2ccc(N3CCN(C(=O)C=CC(=O)O)CC3)c(F)c2)C(=O)O1.[Na]. The summed E-state index contributed by atoms with van der Waals surface area (Å²) in [6, 6.07) is 4.44. The van der Waals surface area contributed by atoms with E-state index in [2.05, 4.69) is 5.32 Å². The monoisotopic (exact) mass is 457 g/mol. The van der Waals surface area contributed by atoms with Gasteiger partial charge in [0.05, 0.1) is 24.5 Å². The number of cyclic esters (lactones) is 1. The van der Waals surface area contributed by atoms with Gasteiger partial charge in [0.1, 0.15) is 11.9 Å². The third-order valence-corrected chi connectivity index (χ3v) is 5.00. The van der Waals surface area contributed by atoms with Crippen LogP contribution in [0.3, 0.4) is 0 Å². The number of halogens is 1. The van der Waals surface area contributed by atoms with Crippen molar-refractivity contribution in [1.29, 1.82) is 0 Å². The molecule has 0 aliphatic carbocycles. The number of carboxylic acid groups (broad SMARTS) is 1. The van der Waals surface area contributed by atoms with Crippen molar-refractivity contribution in [2.75, 3.05) is 49.1 Å². The molecular formula is C20H23FN4NaO6. The molecule has 2 N–H and O–H groups in total. The smallest absolute Gasteiger partial charge is 0.414 e. The van der Waals surface area contributed by atoms with Gasteiger partial charge < -0.3 is 25.0 Å². The summed E-state index contributed by atoms with van der Waals surface area (Å²) in [7, 11) is 0. The zero-order valence-corrected chi connectivity index (χ0v) is 19.9. The fourth-order valence-electron chi connectivity index (χ4n) is 3.43. The molecule has 3 amide bonds. The third-order valence-electron chi connectivity index (χ3n) is 5.00. The molecule has 0 bridgehead atoms. The topological polar surface area (TPSA) is 119 Å². The standard InChI is InChI=1S/C20H23FN4O6.Na/c1-13(26)22-11-15-12-25(20(30)31-15)14-2-3-17(16(21)10-14)23-6-8-24(9-7-23)18(27)4-5-19(28)29;/h2-5,10,15H,6-9,11-12H2,1H3,(H,22,26)(H,28,29);/t15-;/m0./s1. The van der Waals surface area contributed by atoms with Gasteiger partial charge in [0.25, 0.3) is 0 Å². The number of piperazine rings is 1. The first-order valence-electron chi connectivity index (χ1n) is 9.71. The van der Waals surface area contributed by atoms with Gasteiger partial charge in [-0.1, -0.05) is 0 Å². The van der Waals surface area contributed by atoms with E-state index in [0.29, 0.717) is 37.6 Å². The van der Waals surface area contributed by atoms with E-state index in [1.165, 1.54) is 22.8 Å². The molecule has 0 saturated carbocycles. The van der Waals surface area contributed by atoms with E-state index in [1.807, 2.05) is 0 Å². The van der Waals surface area contributed by atoms with E-state index in [0.717, 1.165) is 12.2 Å². The van der Waals surface area contributed by atoms with Crippen molar-refractivity contribution in [3.8, 4) is 0 Å². The zero-order valence-electron chi connectivity index (χ0n) is 17.9. The first-order chi connectivity index (χ1) is 14.7. The number of hydrogen-bond acceptors (Lipinski definition) is 6. The predicted octanol–water partition coefficient (Wildman–Crippen LogP) is 0.196. The number of anilines is 2. The summed E-state index contributed by atoms with van der Waals surface area (Å²) in [5.74, 6) is -2.34. The fourth-order valence-corrected chi connectivity index (χ4v) is 3.43. The molecule has 0 unspecified atom stereocenters. The first-order valence-corrected chi connectivity index (χ1v) is 9.71. The Morgan fingerprint density at radius 3 is 2.50 bits per heavy atom. The van der Waals surface area contributed by atoms with Gasteiger partial charge in [0, 0.05) is 74.8 Å². The average Bonchev–Trinajstić information content (AvgIpc) is 3.11. The number of rotatable bonds is 6. The second kappa shape index (κ2) is 11.3. The normalized spacial score (nSPS) is 18.4. The number of amides is 3. The van der Waals surface area contributed by atoms with Crippen LogP contribution in [0.4, 0.5) is 20.6 Å². The van der Waals surface area contributed by atoms with Crippen LogP contribution in [0, 0.1) is 5.82 Å². The first kappa shape index (κ1) is 25.6. The van der Waals surface area contributed by atoms with E-state index >= 15 is 0 Å². The van der Waals surface area contributed by atoms with Gasteiger partial charge in [-0.15, -0.1) is 0 Å². The van der Waals surface area contributed by atoms with Gasteiger partial charge in [0.2, 0.25) is 11.8 Å². The van der Waals surface area contributed by atoms with Gasteiger partial charge in [-0.3, -0.25) is 14.5 Å². The van der Waals surface area contributed by atoms with Crippen LogP contribution in [0.5, 0.6) is 0 Å². The van der Waals surface area contributed by atoms with Crippen LogP contribution in [-0.2, 0) is 19.1 Å². The molecule has 1 atom stereocenters. The number of benzene rings is 1. The van der Waals surface area contributed by atoms with Crippen molar-refractivity contribution in [3.05, 3.63) is 36.2 Å². The van der Waals surface area contributed by atoms with Crippen molar-refractivity contribution < 1.29 is 33.4 Å². The summed E-state index contributed by atoms with van der Waals surface area (Å²) in [5, 5.41) is 11.2. The molecule has 1 aromatic carbocycles. The van der Waals surface area contributed by atoms with Crippen molar-refractivity contribution in [2.24, 2.45) is 0 Å². The minimum Gasteiger partial charge on any atom is -0.478 e. The maximum absolute atomic E-state index is 14.8. The minimum atomic E-state index is -1.20. The molecular weight excluding hydrogens is 434 g/mol. The van der Waals surface area contributed by atoms with Crippen molar-refractivity contribution in [3.63, 3.8) is 0 Å². The summed E-state index contributed by atoms with van der Waals surface area (Å²) in [6.07, 6.45) is 0.669. The second-order valence-electron chi connectivity index (χ2n) is 7.17. The van der Waals surface area contributed by atoms with Crippen molar-refractivity contribution in [1.82, 2.24) is 10.2 Å². The quantitative estimate of drug-likeness (QED) is 0.463. The van der Waals surface area contributed by atoms with Gasteiger partial charge in [-0.25, -0.2) is 14.0 Å². The molecule has 2 aliphatic heterocycles. The van der Waals surface area contributed by atoms with Crippen LogP contribution in [0.15, 0.2) is 30.4 Å². The average molecular weight is 457 g/mol. The number of carbonyl (C=O) groups excluding carboxylic acids is 3. The van der Waals surface area contributed by atoms with Gasteiger partial charge in [0.15, 0.2) is 0 Å². The fraction of sp³-hybridized carbons (Fsp3) is 0.400. The van der Waals surface area contributed by atoms with Crippen LogP contribution in [0.25, 0.3) is 0 Å². The molecule has 0 aromatic heterocycles. The van der Waals surface area contributed by atoms with Crippen LogP contribution in [-0.4, -0.2) is 109 Å². The minimum absolute atomic E-state index is 0. The van der Waals surface area contributed by atoms with Gasteiger partial charge >= 0.3 is 12.1 Å². The van der Waals surface area contributed by atoms with E-state index in [1.54, 1.807) is 17.0 Å². The number of ether oxygens (including phenoxy) is 1. The number of aliphatic carboxylic acids is 1. The Kier molecular flexibility index (Phi) is 9.05. The zero-order chi connectivity index (χ0) is 22.5. The predicted molar refractivity (Wildman–Crippen MR) is 114 cm³/mol. The van der Waals surface area contributed by atoms with Crippen LogP contribution in [0.1, 0.15) is 6.92 Å². The number of carbonyl (C=O) groups is 4. The third kappa shape index (κ3) is 6.44. The van der Waals surface area contributed by atoms with Crippen LogP contribution >= 0.6 is 0 Å².